The highest BCUT2D eigenvalue weighted by molar-refractivity contribution is 9.10. The second-order valence-corrected chi connectivity index (χ2v) is 3.78. The van der Waals surface area contributed by atoms with Gasteiger partial charge in [0.1, 0.15) is 6.42 Å². The van der Waals surface area contributed by atoms with Crippen LogP contribution in [0.2, 0.25) is 0 Å². The van der Waals surface area contributed by atoms with Crippen LogP contribution in [0.15, 0.2) is 22.7 Å². The Morgan fingerprint density at radius 2 is 2.00 bits per heavy atom. The average molecular weight is 283 g/mol. The molecule has 0 aliphatic rings. The highest BCUT2D eigenvalue weighted by Crippen LogP contribution is 2.16. The van der Waals surface area contributed by atoms with Crippen LogP contribution in [0.4, 0.5) is 0 Å². The van der Waals surface area contributed by atoms with E-state index in [1.165, 1.54) is 12.1 Å². The van der Waals surface area contributed by atoms with Gasteiger partial charge in [0.2, 0.25) is 0 Å². The van der Waals surface area contributed by atoms with Crippen LogP contribution >= 0.6 is 15.9 Å². The van der Waals surface area contributed by atoms with Crippen molar-refractivity contribution < 1.29 is 19.8 Å². The van der Waals surface area contributed by atoms with Gasteiger partial charge in [-0.05, 0) is 18.2 Å². The van der Waals surface area contributed by atoms with Crippen LogP contribution in [0.25, 0.3) is 0 Å². The Balaban J connectivity index is 3.08. The monoisotopic (exact) mass is 282 g/mol. The van der Waals surface area contributed by atoms with E-state index in [1.54, 1.807) is 6.07 Å². The number of halogens is 1. The number of hydrogen-bond acceptors (Lipinski definition) is 2. The van der Waals surface area contributed by atoms with Gasteiger partial charge in [-0.25, -0.2) is 4.79 Å². The first-order valence-electron chi connectivity index (χ1n) is 4.24. The number of carboxylic acid groups (broad SMARTS) is 2. The van der Waals surface area contributed by atoms with Gasteiger partial charge in [-0.1, -0.05) is 27.8 Å². The summed E-state index contributed by atoms with van der Waals surface area (Å²) in [5.41, 5.74) is 0.351. The highest BCUT2D eigenvalue weighted by Gasteiger charge is 2.08. The fraction of sp³-hybridized carbons (Fsp3) is 0.0909. The third-order valence-electron chi connectivity index (χ3n) is 1.67. The molecule has 0 radical (unpaired) electrons. The van der Waals surface area contributed by atoms with Crippen molar-refractivity contribution in [3.63, 3.8) is 0 Å². The van der Waals surface area contributed by atoms with E-state index in [4.69, 9.17) is 10.2 Å². The number of aliphatic carboxylic acids is 1. The summed E-state index contributed by atoms with van der Waals surface area (Å²) in [6.45, 7) is 0. The van der Waals surface area contributed by atoms with Gasteiger partial charge in [0.05, 0.1) is 5.56 Å². The Bertz CT molecular complexity index is 496. The fourth-order valence-electron chi connectivity index (χ4n) is 1.02. The van der Waals surface area contributed by atoms with Crippen molar-refractivity contribution in [2.24, 2.45) is 0 Å². The summed E-state index contributed by atoms with van der Waals surface area (Å²) in [5, 5.41) is 17.3. The van der Waals surface area contributed by atoms with E-state index in [-0.39, 0.29) is 12.0 Å². The molecule has 5 heteroatoms. The molecule has 1 aromatic rings. The Morgan fingerprint density at radius 1 is 1.31 bits per heavy atom. The molecule has 1 rings (SSSR count). The number of carbonyl (C=O) groups is 2. The molecule has 0 spiro atoms. The molecule has 2 N–H and O–H groups in total. The second-order valence-electron chi connectivity index (χ2n) is 2.87. The molecule has 0 fully saturated rings. The molecule has 0 atom stereocenters. The number of benzene rings is 1. The van der Waals surface area contributed by atoms with Crippen LogP contribution in [-0.4, -0.2) is 22.2 Å². The van der Waals surface area contributed by atoms with Crippen molar-refractivity contribution in [2.75, 3.05) is 0 Å². The molecule has 0 amide bonds. The zero-order chi connectivity index (χ0) is 12.1. The molecular formula is C11H7BrO4. The predicted octanol–water partition coefficient (Wildman–Crippen LogP) is 1.97. The summed E-state index contributed by atoms with van der Waals surface area (Å²) in [5.74, 6) is 2.78. The van der Waals surface area contributed by atoms with Gasteiger partial charge in [-0.15, -0.1) is 0 Å². The Hall–Kier alpha value is -1.80. The molecule has 16 heavy (non-hydrogen) atoms. The minimum absolute atomic E-state index is 0.0566. The van der Waals surface area contributed by atoms with Gasteiger partial charge in [0, 0.05) is 10.0 Å². The SMILES string of the molecule is O=C(O)CC#Cc1cc(Br)ccc1C(=O)O. The van der Waals surface area contributed by atoms with Gasteiger partial charge >= 0.3 is 11.9 Å². The number of carboxylic acids is 2. The Labute approximate surface area is 100 Å². The van der Waals surface area contributed by atoms with E-state index < -0.39 is 11.9 Å². The first kappa shape index (κ1) is 12.3. The maximum absolute atomic E-state index is 10.8. The van der Waals surface area contributed by atoms with Gasteiger partial charge in [0.25, 0.3) is 0 Å². The van der Waals surface area contributed by atoms with Gasteiger partial charge < -0.3 is 10.2 Å². The quantitative estimate of drug-likeness (QED) is 0.814. The standard InChI is InChI=1S/C11H7BrO4/c12-8-4-5-9(11(15)16)7(6-8)2-1-3-10(13)14/h4-6H,3H2,(H,13,14)(H,15,16). The topological polar surface area (TPSA) is 74.6 Å². The first-order chi connectivity index (χ1) is 7.50. The molecule has 0 unspecified atom stereocenters. The lowest BCUT2D eigenvalue weighted by Gasteiger charge is -1.99. The van der Waals surface area contributed by atoms with Crippen LogP contribution in [0.3, 0.4) is 0 Å². The normalized spacial score (nSPS) is 9.06. The molecule has 0 bridgehead atoms. The van der Waals surface area contributed by atoms with E-state index in [2.05, 4.69) is 27.8 Å². The second kappa shape index (κ2) is 5.33. The zero-order valence-electron chi connectivity index (χ0n) is 8.03. The van der Waals surface area contributed by atoms with Crippen molar-refractivity contribution >= 4 is 27.9 Å². The smallest absolute Gasteiger partial charge is 0.336 e. The van der Waals surface area contributed by atoms with Crippen LogP contribution in [-0.2, 0) is 4.79 Å². The number of rotatable bonds is 2. The van der Waals surface area contributed by atoms with E-state index in [1.807, 2.05) is 0 Å². The van der Waals surface area contributed by atoms with Crippen molar-refractivity contribution in [1.82, 2.24) is 0 Å². The third-order valence-corrected chi connectivity index (χ3v) is 2.17. The van der Waals surface area contributed by atoms with Gasteiger partial charge in [-0.2, -0.15) is 0 Å². The molecule has 0 aliphatic heterocycles. The molecule has 0 heterocycles. The molecule has 4 nitrogen and oxygen atoms in total. The molecule has 82 valence electrons. The van der Waals surface area contributed by atoms with Crippen LogP contribution in [0.1, 0.15) is 22.3 Å². The lowest BCUT2D eigenvalue weighted by molar-refractivity contribution is -0.135. The van der Waals surface area contributed by atoms with Crippen LogP contribution in [0, 0.1) is 11.8 Å². The fourth-order valence-corrected chi connectivity index (χ4v) is 1.38. The number of aromatic carboxylic acids is 1. The minimum atomic E-state index is -1.09. The van der Waals surface area contributed by atoms with E-state index in [0.717, 1.165) is 0 Å². The van der Waals surface area contributed by atoms with Gasteiger partial charge in [0.15, 0.2) is 0 Å². The van der Waals surface area contributed by atoms with E-state index in [0.29, 0.717) is 10.0 Å². The summed E-state index contributed by atoms with van der Waals surface area (Å²) < 4.78 is 0.692. The third kappa shape index (κ3) is 3.41. The maximum Gasteiger partial charge on any atom is 0.336 e. The largest absolute Gasteiger partial charge is 0.481 e. The Kier molecular flexibility index (Phi) is 4.09. The number of hydrogen-bond donors (Lipinski definition) is 2. The van der Waals surface area contributed by atoms with Crippen LogP contribution < -0.4 is 0 Å². The zero-order valence-corrected chi connectivity index (χ0v) is 9.61. The van der Waals surface area contributed by atoms with Crippen molar-refractivity contribution in [3.05, 3.63) is 33.8 Å². The molecule has 0 saturated carbocycles. The summed E-state index contributed by atoms with van der Waals surface area (Å²) >= 11 is 3.19. The minimum Gasteiger partial charge on any atom is -0.481 e. The highest BCUT2D eigenvalue weighted by atomic mass is 79.9. The van der Waals surface area contributed by atoms with Gasteiger partial charge in [-0.3, -0.25) is 4.79 Å². The summed E-state index contributed by atoms with van der Waals surface area (Å²) in [6.07, 6.45) is -0.314. The molecule has 0 saturated heterocycles. The molecule has 0 aliphatic carbocycles. The lowest BCUT2D eigenvalue weighted by atomic mass is 10.1. The summed E-state index contributed by atoms with van der Waals surface area (Å²) in [4.78, 5) is 21.1. The van der Waals surface area contributed by atoms with E-state index in [9.17, 15) is 9.59 Å². The van der Waals surface area contributed by atoms with Crippen LogP contribution in [0.5, 0.6) is 0 Å². The molecule has 0 aromatic heterocycles. The molecular weight excluding hydrogens is 276 g/mol. The molecule has 1 aromatic carbocycles. The summed E-state index contributed by atoms with van der Waals surface area (Å²) in [7, 11) is 0. The Morgan fingerprint density at radius 3 is 2.56 bits per heavy atom. The van der Waals surface area contributed by atoms with E-state index >= 15 is 0 Å². The average Bonchev–Trinajstić information content (AvgIpc) is 2.16. The predicted molar refractivity (Wildman–Crippen MR) is 60.2 cm³/mol. The lowest BCUT2D eigenvalue weighted by Crippen LogP contribution is -2.00. The summed E-state index contributed by atoms with van der Waals surface area (Å²) in [6, 6.07) is 4.54. The first-order valence-corrected chi connectivity index (χ1v) is 5.03. The maximum atomic E-state index is 10.8. The van der Waals surface area contributed by atoms with Crippen molar-refractivity contribution in [3.8, 4) is 11.8 Å². The van der Waals surface area contributed by atoms with Crippen molar-refractivity contribution in [2.45, 2.75) is 6.42 Å². The van der Waals surface area contributed by atoms with Crippen molar-refractivity contribution in [1.29, 1.82) is 0 Å².